The summed E-state index contributed by atoms with van der Waals surface area (Å²) < 4.78 is 12.0. The second-order valence-corrected chi connectivity index (χ2v) is 5.22. The number of para-hydroxylation sites is 1. The first-order valence-electron chi connectivity index (χ1n) is 6.65. The Hall–Kier alpha value is -2.42. The van der Waals surface area contributed by atoms with Gasteiger partial charge in [-0.1, -0.05) is 29.1 Å². The zero-order valence-corrected chi connectivity index (χ0v) is 12.6. The molecule has 0 unspecified atom stereocenters. The van der Waals surface area contributed by atoms with E-state index in [4.69, 9.17) is 9.15 Å². The van der Waals surface area contributed by atoms with Gasteiger partial charge in [0.1, 0.15) is 17.8 Å². The lowest BCUT2D eigenvalue weighted by molar-refractivity contribution is -0.139. The Balaban J connectivity index is 1.65. The molecule has 22 heavy (non-hydrogen) atoms. The summed E-state index contributed by atoms with van der Waals surface area (Å²) in [6, 6.07) is 7.62. The number of nitrogens with zero attached hydrogens (tertiary/aromatic N) is 5. The Morgan fingerprint density at radius 3 is 3.05 bits per heavy atom. The number of ether oxygens (including phenoxy) is 1. The number of hydrogen-bond donors (Lipinski definition) is 0. The van der Waals surface area contributed by atoms with Crippen molar-refractivity contribution >= 4 is 28.8 Å². The number of carbonyl (C=O) groups excluding carboxylic acids is 1. The van der Waals surface area contributed by atoms with E-state index in [1.54, 1.807) is 11.6 Å². The van der Waals surface area contributed by atoms with E-state index in [-0.39, 0.29) is 11.7 Å². The van der Waals surface area contributed by atoms with E-state index < -0.39 is 0 Å². The number of esters is 1. The molecular formula is C13H13N5O3S. The molecule has 3 aromatic rings. The first-order valence-corrected chi connectivity index (χ1v) is 7.64. The summed E-state index contributed by atoms with van der Waals surface area (Å²) in [5.41, 5.74) is 1.69. The van der Waals surface area contributed by atoms with E-state index in [9.17, 15) is 4.79 Å². The molecule has 0 amide bonds. The molecule has 0 aliphatic rings. The van der Waals surface area contributed by atoms with E-state index in [1.165, 1.54) is 0 Å². The van der Waals surface area contributed by atoms with Gasteiger partial charge < -0.3 is 9.15 Å². The fourth-order valence-corrected chi connectivity index (χ4v) is 2.42. The highest BCUT2D eigenvalue weighted by molar-refractivity contribution is 7.99. The van der Waals surface area contributed by atoms with Crippen LogP contribution >= 0.6 is 11.8 Å². The largest absolute Gasteiger partial charge is 0.465 e. The Kier molecular flexibility index (Phi) is 4.33. The maximum Gasteiger partial charge on any atom is 0.316 e. The maximum absolute atomic E-state index is 11.3. The Morgan fingerprint density at radius 1 is 1.32 bits per heavy atom. The summed E-state index contributed by atoms with van der Waals surface area (Å²) in [7, 11) is 0. The highest BCUT2D eigenvalue weighted by Gasteiger charge is 2.12. The lowest BCUT2D eigenvalue weighted by Gasteiger charge is -1.98. The molecule has 0 saturated heterocycles. The van der Waals surface area contributed by atoms with Crippen LogP contribution in [0.1, 0.15) is 12.8 Å². The molecule has 9 heteroatoms. The second kappa shape index (κ2) is 6.56. The predicted octanol–water partition coefficient (Wildman–Crippen LogP) is 1.52. The molecule has 0 fully saturated rings. The average molecular weight is 319 g/mol. The second-order valence-electron chi connectivity index (χ2n) is 4.29. The lowest BCUT2D eigenvalue weighted by atomic mass is 10.3. The molecule has 0 N–H and O–H groups in total. The molecule has 0 aliphatic heterocycles. The van der Waals surface area contributed by atoms with Gasteiger partial charge in [0.05, 0.1) is 12.1 Å². The van der Waals surface area contributed by atoms with Crippen LogP contribution in [-0.2, 0) is 16.1 Å². The topological polar surface area (TPSA) is 95.9 Å². The molecule has 2 heterocycles. The van der Waals surface area contributed by atoms with Crippen molar-refractivity contribution in [2.45, 2.75) is 18.7 Å². The minimum atomic E-state index is -0.311. The molecule has 1 aromatic carbocycles. The van der Waals surface area contributed by atoms with E-state index in [0.29, 0.717) is 24.3 Å². The van der Waals surface area contributed by atoms with Crippen molar-refractivity contribution < 1.29 is 13.9 Å². The number of benzene rings is 1. The fraction of sp³-hybridized carbons (Fsp3) is 0.308. The van der Waals surface area contributed by atoms with Gasteiger partial charge in [0.15, 0.2) is 0 Å². The van der Waals surface area contributed by atoms with Crippen molar-refractivity contribution in [2.24, 2.45) is 0 Å². The van der Waals surface area contributed by atoms with Gasteiger partial charge in [-0.25, -0.2) is 4.68 Å². The SMILES string of the molecule is CCOC(=O)CSc1nnc(Cn2nnc3ccccc32)o1. The summed E-state index contributed by atoms with van der Waals surface area (Å²) >= 11 is 1.15. The van der Waals surface area contributed by atoms with Crippen LogP contribution in [-0.4, -0.2) is 43.5 Å². The van der Waals surface area contributed by atoms with Crippen LogP contribution in [0.3, 0.4) is 0 Å². The molecule has 114 valence electrons. The quantitative estimate of drug-likeness (QED) is 0.498. The maximum atomic E-state index is 11.3. The van der Waals surface area contributed by atoms with Gasteiger partial charge in [-0.3, -0.25) is 4.79 Å². The fourth-order valence-electron chi connectivity index (χ4n) is 1.85. The number of carbonyl (C=O) groups is 1. The van der Waals surface area contributed by atoms with Crippen LogP contribution in [0.2, 0.25) is 0 Å². The third kappa shape index (κ3) is 3.25. The lowest BCUT2D eigenvalue weighted by Crippen LogP contribution is -2.06. The highest BCUT2D eigenvalue weighted by atomic mass is 32.2. The van der Waals surface area contributed by atoms with Crippen molar-refractivity contribution in [3.8, 4) is 0 Å². The number of fused-ring (bicyclic) bond motifs is 1. The molecule has 0 aliphatic carbocycles. The number of rotatable bonds is 6. The summed E-state index contributed by atoms with van der Waals surface area (Å²) in [6.45, 7) is 2.44. The van der Waals surface area contributed by atoms with Crippen LogP contribution in [0.25, 0.3) is 11.0 Å². The number of aromatic nitrogens is 5. The molecule has 0 saturated carbocycles. The van der Waals surface area contributed by atoms with Gasteiger partial charge in [0, 0.05) is 0 Å². The van der Waals surface area contributed by atoms with E-state index in [0.717, 1.165) is 22.8 Å². The highest BCUT2D eigenvalue weighted by Crippen LogP contribution is 2.17. The summed E-state index contributed by atoms with van der Waals surface area (Å²) in [5.74, 6) is 0.235. The summed E-state index contributed by atoms with van der Waals surface area (Å²) in [4.78, 5) is 11.3. The first kappa shape index (κ1) is 14.5. The van der Waals surface area contributed by atoms with E-state index in [2.05, 4.69) is 20.5 Å². The van der Waals surface area contributed by atoms with Crippen LogP contribution in [0.5, 0.6) is 0 Å². The molecule has 0 bridgehead atoms. The van der Waals surface area contributed by atoms with Crippen molar-refractivity contribution in [3.63, 3.8) is 0 Å². The van der Waals surface area contributed by atoms with Crippen molar-refractivity contribution in [1.82, 2.24) is 25.2 Å². The van der Waals surface area contributed by atoms with E-state index >= 15 is 0 Å². The standard InChI is InChI=1S/C13H13N5O3S/c1-2-20-12(19)8-22-13-16-15-11(21-13)7-18-10-6-4-3-5-9(10)14-17-18/h3-6H,2,7-8H2,1H3. The first-order chi connectivity index (χ1) is 10.8. The minimum Gasteiger partial charge on any atom is -0.465 e. The zero-order valence-electron chi connectivity index (χ0n) is 11.8. The Labute approximate surface area is 129 Å². The number of thioether (sulfide) groups is 1. The third-order valence-electron chi connectivity index (χ3n) is 2.77. The Morgan fingerprint density at radius 2 is 2.18 bits per heavy atom. The van der Waals surface area contributed by atoms with Crippen LogP contribution in [0.4, 0.5) is 0 Å². The molecule has 3 rings (SSSR count). The Bertz CT molecular complexity index is 785. The van der Waals surface area contributed by atoms with E-state index in [1.807, 2.05) is 24.3 Å². The van der Waals surface area contributed by atoms with Crippen molar-refractivity contribution in [3.05, 3.63) is 30.2 Å². The number of hydrogen-bond acceptors (Lipinski definition) is 8. The van der Waals surface area contributed by atoms with Gasteiger partial charge >= 0.3 is 5.97 Å². The van der Waals surface area contributed by atoms with Crippen molar-refractivity contribution in [1.29, 1.82) is 0 Å². The molecule has 8 nitrogen and oxygen atoms in total. The molecule has 0 atom stereocenters. The van der Waals surface area contributed by atoms with Crippen molar-refractivity contribution in [2.75, 3.05) is 12.4 Å². The average Bonchev–Trinajstić information content (AvgIpc) is 3.14. The van der Waals surface area contributed by atoms with Gasteiger partial charge in [0.25, 0.3) is 5.22 Å². The van der Waals surface area contributed by atoms with Gasteiger partial charge in [-0.2, -0.15) is 0 Å². The summed E-state index contributed by atoms with van der Waals surface area (Å²) in [6.07, 6.45) is 0. The minimum absolute atomic E-state index is 0.141. The van der Waals surface area contributed by atoms with Crippen LogP contribution in [0, 0.1) is 0 Å². The molecular weight excluding hydrogens is 306 g/mol. The van der Waals surface area contributed by atoms with Gasteiger partial charge in [0.2, 0.25) is 5.89 Å². The monoisotopic (exact) mass is 319 g/mol. The third-order valence-corrected chi connectivity index (χ3v) is 3.56. The van der Waals surface area contributed by atoms with Gasteiger partial charge in [-0.05, 0) is 19.1 Å². The molecule has 0 spiro atoms. The normalized spacial score (nSPS) is 11.0. The van der Waals surface area contributed by atoms with Gasteiger partial charge in [-0.15, -0.1) is 15.3 Å². The van der Waals surface area contributed by atoms with Crippen LogP contribution in [0.15, 0.2) is 33.9 Å². The smallest absolute Gasteiger partial charge is 0.316 e. The van der Waals surface area contributed by atoms with Crippen LogP contribution < -0.4 is 0 Å². The molecule has 0 radical (unpaired) electrons. The zero-order chi connectivity index (χ0) is 15.4. The molecule has 2 aromatic heterocycles. The predicted molar refractivity (Wildman–Crippen MR) is 78.3 cm³/mol. The summed E-state index contributed by atoms with van der Waals surface area (Å²) in [5, 5.41) is 16.3.